The number of hydrogen-bond acceptors (Lipinski definition) is 4. The molecule has 1 fully saturated rings. The van der Waals surface area contributed by atoms with Crippen LogP contribution in [0.3, 0.4) is 0 Å². The fraction of sp³-hybridized carbons (Fsp3) is 0.400. The van der Waals surface area contributed by atoms with E-state index in [4.69, 9.17) is 13.7 Å². The lowest BCUT2D eigenvalue weighted by molar-refractivity contribution is 0.00578. The molecule has 3 rings (SSSR count). The first-order chi connectivity index (χ1) is 9.41. The molecule has 1 aliphatic heterocycles. The predicted molar refractivity (Wildman–Crippen MR) is 77.7 cm³/mol. The molecule has 104 valence electrons. The standard InChI is InChI=1S/C15H18BNO3/c1-14(2)15(3,4)20-16(19-14)12-8-6-5-7-11(12)13-17-9-10-18-13/h5-10H,1-4H3. The van der Waals surface area contributed by atoms with Crippen LogP contribution in [0.5, 0.6) is 0 Å². The molecular weight excluding hydrogens is 253 g/mol. The zero-order chi connectivity index (χ0) is 14.4. The minimum atomic E-state index is -0.414. The summed E-state index contributed by atoms with van der Waals surface area (Å²) in [6, 6.07) is 7.87. The van der Waals surface area contributed by atoms with E-state index in [-0.39, 0.29) is 11.2 Å². The molecule has 1 aliphatic rings. The molecule has 0 saturated carbocycles. The third-order valence-electron chi connectivity index (χ3n) is 4.13. The Hall–Kier alpha value is -1.59. The molecule has 4 nitrogen and oxygen atoms in total. The molecule has 1 aromatic carbocycles. The molecule has 0 atom stereocenters. The maximum absolute atomic E-state index is 6.10. The van der Waals surface area contributed by atoms with Crippen LogP contribution in [-0.4, -0.2) is 23.3 Å². The van der Waals surface area contributed by atoms with E-state index in [1.807, 2.05) is 52.0 Å². The van der Waals surface area contributed by atoms with Crippen LogP contribution in [0.15, 0.2) is 41.1 Å². The summed E-state index contributed by atoms with van der Waals surface area (Å²) in [4.78, 5) is 4.21. The number of hydrogen-bond donors (Lipinski definition) is 0. The van der Waals surface area contributed by atoms with Crippen LogP contribution in [-0.2, 0) is 9.31 Å². The van der Waals surface area contributed by atoms with Crippen molar-refractivity contribution in [2.24, 2.45) is 0 Å². The van der Waals surface area contributed by atoms with Gasteiger partial charge in [0.15, 0.2) is 0 Å². The topological polar surface area (TPSA) is 44.5 Å². The number of nitrogens with zero attached hydrogens (tertiary/aromatic N) is 1. The normalized spacial score (nSPS) is 20.3. The van der Waals surface area contributed by atoms with Gasteiger partial charge in [-0.25, -0.2) is 4.98 Å². The van der Waals surface area contributed by atoms with E-state index in [1.165, 1.54) is 0 Å². The average Bonchev–Trinajstić information content (AvgIpc) is 2.97. The molecule has 0 radical (unpaired) electrons. The maximum atomic E-state index is 6.10. The van der Waals surface area contributed by atoms with Crippen molar-refractivity contribution in [3.8, 4) is 11.5 Å². The minimum absolute atomic E-state index is 0.360. The average molecular weight is 271 g/mol. The van der Waals surface area contributed by atoms with Gasteiger partial charge in [-0.2, -0.15) is 0 Å². The van der Waals surface area contributed by atoms with Crippen LogP contribution in [0.2, 0.25) is 0 Å². The Morgan fingerprint density at radius 1 is 1.00 bits per heavy atom. The second kappa shape index (κ2) is 4.47. The zero-order valence-corrected chi connectivity index (χ0v) is 12.2. The first-order valence-corrected chi connectivity index (χ1v) is 6.75. The van der Waals surface area contributed by atoms with Crippen molar-refractivity contribution in [1.82, 2.24) is 4.98 Å². The van der Waals surface area contributed by atoms with Crippen LogP contribution in [0.4, 0.5) is 0 Å². The Balaban J connectivity index is 2.01. The summed E-state index contributed by atoms with van der Waals surface area (Å²) < 4.78 is 17.6. The molecule has 0 N–H and O–H groups in total. The molecule has 0 aliphatic carbocycles. The van der Waals surface area contributed by atoms with E-state index < -0.39 is 7.12 Å². The van der Waals surface area contributed by atoms with E-state index in [0.717, 1.165) is 11.0 Å². The fourth-order valence-corrected chi connectivity index (χ4v) is 2.22. The molecule has 20 heavy (non-hydrogen) atoms. The molecule has 0 spiro atoms. The maximum Gasteiger partial charge on any atom is 0.495 e. The van der Waals surface area contributed by atoms with Gasteiger partial charge in [0.1, 0.15) is 6.26 Å². The molecule has 2 aromatic rings. The van der Waals surface area contributed by atoms with Crippen molar-refractivity contribution in [2.45, 2.75) is 38.9 Å². The fourth-order valence-electron chi connectivity index (χ4n) is 2.22. The quantitative estimate of drug-likeness (QED) is 0.787. The predicted octanol–water partition coefficient (Wildman–Crippen LogP) is 2.64. The number of rotatable bonds is 2. The van der Waals surface area contributed by atoms with Crippen LogP contribution in [0.25, 0.3) is 11.5 Å². The lowest BCUT2D eigenvalue weighted by Gasteiger charge is -2.32. The summed E-state index contributed by atoms with van der Waals surface area (Å²) in [5.41, 5.74) is 1.12. The second-order valence-electron chi connectivity index (χ2n) is 6.01. The molecule has 0 bridgehead atoms. The number of oxazole rings is 1. The second-order valence-corrected chi connectivity index (χ2v) is 6.01. The molecule has 5 heteroatoms. The smallest absolute Gasteiger partial charge is 0.445 e. The summed E-state index contributed by atoms with van der Waals surface area (Å²) in [6.45, 7) is 8.17. The van der Waals surface area contributed by atoms with E-state index in [0.29, 0.717) is 5.89 Å². The van der Waals surface area contributed by atoms with Crippen molar-refractivity contribution >= 4 is 12.6 Å². The first kappa shape index (κ1) is 13.4. The third kappa shape index (κ3) is 2.07. The first-order valence-electron chi connectivity index (χ1n) is 6.75. The van der Waals surface area contributed by atoms with Crippen LogP contribution < -0.4 is 5.46 Å². The Labute approximate surface area is 119 Å². The summed E-state index contributed by atoms with van der Waals surface area (Å²) in [5, 5.41) is 0. The Kier molecular flexibility index (Phi) is 2.99. The highest BCUT2D eigenvalue weighted by molar-refractivity contribution is 6.63. The highest BCUT2D eigenvalue weighted by Gasteiger charge is 2.52. The SMILES string of the molecule is CC1(C)OB(c2ccccc2-c2ncco2)OC1(C)C. The van der Waals surface area contributed by atoms with Gasteiger partial charge in [-0.05, 0) is 39.2 Å². The molecule has 0 amide bonds. The van der Waals surface area contributed by atoms with E-state index >= 15 is 0 Å². The third-order valence-corrected chi connectivity index (χ3v) is 4.13. The lowest BCUT2D eigenvalue weighted by Crippen LogP contribution is -2.41. The summed E-state index contributed by atoms with van der Waals surface area (Å²) in [5.74, 6) is 0.579. The van der Waals surface area contributed by atoms with Gasteiger partial charge < -0.3 is 13.7 Å². The van der Waals surface area contributed by atoms with E-state index in [1.54, 1.807) is 12.5 Å². The molecule has 2 heterocycles. The van der Waals surface area contributed by atoms with Gasteiger partial charge in [-0.3, -0.25) is 0 Å². The summed E-state index contributed by atoms with van der Waals surface area (Å²) in [6.07, 6.45) is 3.20. The molecular formula is C15H18BNO3. The molecule has 1 aromatic heterocycles. The number of aromatic nitrogens is 1. The summed E-state index contributed by atoms with van der Waals surface area (Å²) in [7, 11) is -0.414. The van der Waals surface area contributed by atoms with Crippen LogP contribution in [0.1, 0.15) is 27.7 Å². The highest BCUT2D eigenvalue weighted by Crippen LogP contribution is 2.37. The van der Waals surface area contributed by atoms with Gasteiger partial charge in [0.2, 0.25) is 5.89 Å². The monoisotopic (exact) mass is 271 g/mol. The molecule has 0 unspecified atom stereocenters. The Morgan fingerprint density at radius 3 is 2.25 bits per heavy atom. The van der Waals surface area contributed by atoms with Gasteiger partial charge >= 0.3 is 7.12 Å². The lowest BCUT2D eigenvalue weighted by atomic mass is 9.76. The largest absolute Gasteiger partial charge is 0.495 e. The number of benzene rings is 1. The minimum Gasteiger partial charge on any atom is -0.445 e. The summed E-state index contributed by atoms with van der Waals surface area (Å²) >= 11 is 0. The van der Waals surface area contributed by atoms with Gasteiger partial charge in [-0.1, -0.05) is 18.2 Å². The van der Waals surface area contributed by atoms with Gasteiger partial charge in [0, 0.05) is 5.56 Å². The zero-order valence-electron chi connectivity index (χ0n) is 12.2. The van der Waals surface area contributed by atoms with E-state index in [2.05, 4.69) is 4.98 Å². The highest BCUT2D eigenvalue weighted by atomic mass is 16.7. The Morgan fingerprint density at radius 2 is 1.65 bits per heavy atom. The van der Waals surface area contributed by atoms with Gasteiger partial charge in [0.05, 0.1) is 17.4 Å². The van der Waals surface area contributed by atoms with Gasteiger partial charge in [0.25, 0.3) is 0 Å². The van der Waals surface area contributed by atoms with Crippen molar-refractivity contribution in [3.63, 3.8) is 0 Å². The van der Waals surface area contributed by atoms with Crippen LogP contribution in [0, 0.1) is 0 Å². The van der Waals surface area contributed by atoms with Crippen molar-refractivity contribution in [1.29, 1.82) is 0 Å². The Bertz CT molecular complexity index is 591. The van der Waals surface area contributed by atoms with Crippen molar-refractivity contribution < 1.29 is 13.7 Å². The van der Waals surface area contributed by atoms with Crippen molar-refractivity contribution in [2.75, 3.05) is 0 Å². The van der Waals surface area contributed by atoms with Crippen molar-refractivity contribution in [3.05, 3.63) is 36.7 Å². The van der Waals surface area contributed by atoms with Gasteiger partial charge in [-0.15, -0.1) is 0 Å². The van der Waals surface area contributed by atoms with Crippen LogP contribution >= 0.6 is 0 Å². The van der Waals surface area contributed by atoms with E-state index in [9.17, 15) is 0 Å². The molecule has 1 saturated heterocycles.